The van der Waals surface area contributed by atoms with Gasteiger partial charge in [0.2, 0.25) is 0 Å². The predicted molar refractivity (Wildman–Crippen MR) is 71.2 cm³/mol. The monoisotopic (exact) mass is 233 g/mol. The molecule has 1 aromatic rings. The lowest BCUT2D eigenvalue weighted by Gasteiger charge is -2.39. The smallest absolute Gasteiger partial charge is 0.0906 e. The van der Waals surface area contributed by atoms with E-state index in [0.717, 1.165) is 13.1 Å². The molecule has 0 aromatic heterocycles. The lowest BCUT2D eigenvalue weighted by atomic mass is 9.87. The fraction of sp³-hybridized carbons (Fsp3) is 0.600. The van der Waals surface area contributed by atoms with E-state index < -0.39 is 0 Å². The Kier molecular flexibility index (Phi) is 3.28. The summed E-state index contributed by atoms with van der Waals surface area (Å²) in [7, 11) is 0. The van der Waals surface area contributed by atoms with E-state index in [0.29, 0.717) is 6.61 Å². The fourth-order valence-electron chi connectivity index (χ4n) is 1.94. The first-order chi connectivity index (χ1) is 7.89. The molecule has 1 heterocycles. The summed E-state index contributed by atoms with van der Waals surface area (Å²) in [6.07, 6.45) is 0. The van der Waals surface area contributed by atoms with Gasteiger partial charge in [0.05, 0.1) is 12.2 Å². The van der Waals surface area contributed by atoms with Crippen molar-refractivity contribution in [2.75, 3.05) is 13.1 Å². The zero-order chi connectivity index (χ0) is 12.5. The van der Waals surface area contributed by atoms with Gasteiger partial charge >= 0.3 is 0 Å². The number of hydrogen-bond acceptors (Lipinski definition) is 2. The maximum Gasteiger partial charge on any atom is 0.0906 e. The Labute approximate surface area is 104 Å². The van der Waals surface area contributed by atoms with Crippen LogP contribution in [0, 0.1) is 0 Å². The molecule has 1 fully saturated rings. The number of ether oxygens (including phenoxy) is 1. The minimum Gasteiger partial charge on any atom is -0.368 e. The first-order valence-corrected chi connectivity index (χ1v) is 6.33. The number of hydrogen-bond donors (Lipinski definition) is 1. The molecule has 0 unspecified atom stereocenters. The second-order valence-corrected chi connectivity index (χ2v) is 6.29. The molecule has 0 spiro atoms. The van der Waals surface area contributed by atoms with Gasteiger partial charge in [-0.3, -0.25) is 0 Å². The van der Waals surface area contributed by atoms with E-state index in [1.54, 1.807) is 0 Å². The highest BCUT2D eigenvalue weighted by atomic mass is 16.5. The van der Waals surface area contributed by atoms with Gasteiger partial charge in [0.25, 0.3) is 0 Å². The molecule has 0 aliphatic carbocycles. The Hall–Kier alpha value is -0.860. The second-order valence-electron chi connectivity index (χ2n) is 6.29. The number of benzene rings is 1. The van der Waals surface area contributed by atoms with Crippen LogP contribution in [-0.4, -0.2) is 18.7 Å². The first kappa shape index (κ1) is 12.6. The van der Waals surface area contributed by atoms with Crippen molar-refractivity contribution >= 4 is 0 Å². The van der Waals surface area contributed by atoms with E-state index in [-0.39, 0.29) is 11.0 Å². The zero-order valence-corrected chi connectivity index (χ0v) is 11.3. The van der Waals surface area contributed by atoms with Gasteiger partial charge in [-0.25, -0.2) is 0 Å². The highest BCUT2D eigenvalue weighted by Gasteiger charge is 2.32. The molecular formula is C15H23NO. The van der Waals surface area contributed by atoms with Crippen molar-refractivity contribution in [3.05, 3.63) is 35.4 Å². The molecule has 0 amide bonds. The molecule has 1 aliphatic heterocycles. The Morgan fingerprint density at radius 2 is 1.76 bits per heavy atom. The standard InChI is InChI=1S/C15H23NO/c1-14(2,3)13-7-5-12(6-8-13)9-17-15(4)10-16-11-15/h5-8,16H,9-11H2,1-4H3. The Balaban J connectivity index is 1.94. The van der Waals surface area contributed by atoms with Crippen LogP contribution in [0.4, 0.5) is 0 Å². The molecule has 0 bridgehead atoms. The minimum atomic E-state index is 0.0443. The third-order valence-corrected chi connectivity index (χ3v) is 3.41. The van der Waals surface area contributed by atoms with Gasteiger partial charge < -0.3 is 10.1 Å². The van der Waals surface area contributed by atoms with Crippen molar-refractivity contribution < 1.29 is 4.74 Å². The maximum atomic E-state index is 5.91. The van der Waals surface area contributed by atoms with E-state index in [4.69, 9.17) is 4.74 Å². The van der Waals surface area contributed by atoms with E-state index >= 15 is 0 Å². The average molecular weight is 233 g/mol. The second kappa shape index (κ2) is 4.43. The molecule has 94 valence electrons. The summed E-state index contributed by atoms with van der Waals surface area (Å²) in [5, 5.41) is 3.24. The summed E-state index contributed by atoms with van der Waals surface area (Å²) in [4.78, 5) is 0. The van der Waals surface area contributed by atoms with Crippen molar-refractivity contribution in [3.8, 4) is 0 Å². The third-order valence-electron chi connectivity index (χ3n) is 3.41. The van der Waals surface area contributed by atoms with Gasteiger partial charge in [-0.05, 0) is 23.5 Å². The predicted octanol–water partition coefficient (Wildman–Crippen LogP) is 2.86. The minimum absolute atomic E-state index is 0.0443. The lowest BCUT2D eigenvalue weighted by molar-refractivity contribution is -0.0767. The van der Waals surface area contributed by atoms with Crippen molar-refractivity contribution in [2.45, 2.75) is 45.3 Å². The molecule has 1 aliphatic rings. The molecule has 0 saturated carbocycles. The largest absolute Gasteiger partial charge is 0.368 e. The van der Waals surface area contributed by atoms with Crippen LogP contribution in [0.3, 0.4) is 0 Å². The van der Waals surface area contributed by atoms with Crippen LogP contribution < -0.4 is 5.32 Å². The van der Waals surface area contributed by atoms with Crippen molar-refractivity contribution in [1.82, 2.24) is 5.32 Å². The van der Waals surface area contributed by atoms with Gasteiger partial charge in [0.15, 0.2) is 0 Å². The Bertz CT molecular complexity index is 371. The normalized spacial score (nSPS) is 18.8. The van der Waals surface area contributed by atoms with Crippen LogP contribution in [0.5, 0.6) is 0 Å². The van der Waals surface area contributed by atoms with Crippen molar-refractivity contribution in [1.29, 1.82) is 0 Å². The topological polar surface area (TPSA) is 21.3 Å². The van der Waals surface area contributed by atoms with Gasteiger partial charge in [-0.15, -0.1) is 0 Å². The van der Waals surface area contributed by atoms with Gasteiger partial charge in [-0.2, -0.15) is 0 Å². The number of rotatable bonds is 3. The molecular weight excluding hydrogens is 210 g/mol. The average Bonchev–Trinajstić information content (AvgIpc) is 2.23. The van der Waals surface area contributed by atoms with Crippen LogP contribution >= 0.6 is 0 Å². The summed E-state index contributed by atoms with van der Waals surface area (Å²) in [6, 6.07) is 8.77. The molecule has 2 rings (SSSR count). The van der Waals surface area contributed by atoms with Crippen LogP contribution in [-0.2, 0) is 16.8 Å². The molecule has 2 nitrogen and oxygen atoms in total. The summed E-state index contributed by atoms with van der Waals surface area (Å²) >= 11 is 0. The quantitative estimate of drug-likeness (QED) is 0.867. The van der Waals surface area contributed by atoms with Gasteiger partial charge in [-0.1, -0.05) is 45.0 Å². The summed E-state index contributed by atoms with van der Waals surface area (Å²) in [5.74, 6) is 0. The Morgan fingerprint density at radius 3 is 2.18 bits per heavy atom. The summed E-state index contributed by atoms with van der Waals surface area (Å²) in [6.45, 7) is 11.5. The van der Waals surface area contributed by atoms with Crippen LogP contribution in [0.25, 0.3) is 0 Å². The Morgan fingerprint density at radius 1 is 1.18 bits per heavy atom. The SMILES string of the molecule is CC1(OCc2ccc(C(C)(C)C)cc2)CNC1. The summed E-state index contributed by atoms with van der Waals surface area (Å²) in [5.41, 5.74) is 2.90. The molecule has 1 N–H and O–H groups in total. The molecule has 17 heavy (non-hydrogen) atoms. The lowest BCUT2D eigenvalue weighted by Crippen LogP contribution is -2.58. The van der Waals surface area contributed by atoms with E-state index in [1.807, 2.05) is 0 Å². The molecule has 0 atom stereocenters. The molecule has 2 heteroatoms. The van der Waals surface area contributed by atoms with Crippen molar-refractivity contribution in [2.24, 2.45) is 0 Å². The number of nitrogens with one attached hydrogen (secondary N) is 1. The van der Waals surface area contributed by atoms with Gasteiger partial charge in [0, 0.05) is 13.1 Å². The maximum absolute atomic E-state index is 5.91. The fourth-order valence-corrected chi connectivity index (χ4v) is 1.94. The highest BCUT2D eigenvalue weighted by Crippen LogP contribution is 2.23. The van der Waals surface area contributed by atoms with Crippen LogP contribution in [0.2, 0.25) is 0 Å². The van der Waals surface area contributed by atoms with Gasteiger partial charge in [0.1, 0.15) is 0 Å². The molecule has 1 saturated heterocycles. The van der Waals surface area contributed by atoms with Crippen LogP contribution in [0.1, 0.15) is 38.8 Å². The zero-order valence-electron chi connectivity index (χ0n) is 11.3. The molecule has 1 aromatic carbocycles. The highest BCUT2D eigenvalue weighted by molar-refractivity contribution is 5.27. The van der Waals surface area contributed by atoms with E-state index in [2.05, 4.69) is 57.3 Å². The van der Waals surface area contributed by atoms with Crippen LogP contribution in [0.15, 0.2) is 24.3 Å². The third kappa shape index (κ3) is 3.08. The van der Waals surface area contributed by atoms with E-state index in [1.165, 1.54) is 11.1 Å². The van der Waals surface area contributed by atoms with Crippen molar-refractivity contribution in [3.63, 3.8) is 0 Å². The summed E-state index contributed by atoms with van der Waals surface area (Å²) < 4.78 is 5.91. The van der Waals surface area contributed by atoms with E-state index in [9.17, 15) is 0 Å². The first-order valence-electron chi connectivity index (χ1n) is 6.33. The molecule has 0 radical (unpaired) electrons.